The van der Waals surface area contributed by atoms with Gasteiger partial charge in [0.05, 0.1) is 18.0 Å². The molecule has 8 heteroatoms. The molecule has 0 N–H and O–H groups in total. The second-order valence-electron chi connectivity index (χ2n) is 6.57. The van der Waals surface area contributed by atoms with Crippen LogP contribution in [0.1, 0.15) is 34.7 Å². The van der Waals surface area contributed by atoms with Crippen molar-refractivity contribution in [1.82, 2.24) is 14.5 Å². The summed E-state index contributed by atoms with van der Waals surface area (Å²) in [5, 5.41) is 3.00. The van der Waals surface area contributed by atoms with Crippen LogP contribution in [0.5, 0.6) is 0 Å². The third kappa shape index (κ3) is 4.76. The Hall–Kier alpha value is -2.45. The Kier molecular flexibility index (Phi) is 6.87. The summed E-state index contributed by atoms with van der Waals surface area (Å²) in [7, 11) is 0. The van der Waals surface area contributed by atoms with Gasteiger partial charge >= 0.3 is 5.97 Å². The highest BCUT2D eigenvalue weighted by atomic mass is 32.2. The largest absolute Gasteiger partial charge is 0.465 e. The summed E-state index contributed by atoms with van der Waals surface area (Å²) in [6.45, 7) is 7.90. The minimum atomic E-state index is -0.995. The maximum atomic E-state index is 12.9. The number of esters is 1. The van der Waals surface area contributed by atoms with Gasteiger partial charge in [-0.1, -0.05) is 23.9 Å². The summed E-state index contributed by atoms with van der Waals surface area (Å²) < 4.78 is 7.09. The number of ether oxygens (including phenoxy) is 1. The fourth-order valence-corrected chi connectivity index (χ4v) is 4.67. The lowest BCUT2D eigenvalue weighted by Gasteiger charge is -2.14. The maximum absolute atomic E-state index is 12.9. The van der Waals surface area contributed by atoms with Crippen molar-refractivity contribution in [2.75, 3.05) is 12.4 Å². The SMILES string of the molecule is CCOC(=O)[C@@H](C(=O)CSc1nccn1-c1cccc(C)c1C)c1nc(C)cs1. The summed E-state index contributed by atoms with van der Waals surface area (Å²) in [4.78, 5) is 34.1. The van der Waals surface area contributed by atoms with Gasteiger partial charge in [0.15, 0.2) is 16.9 Å². The molecule has 0 unspecified atom stereocenters. The monoisotopic (exact) mass is 429 g/mol. The Labute approximate surface area is 178 Å². The van der Waals surface area contributed by atoms with Gasteiger partial charge in [-0.15, -0.1) is 11.3 Å². The maximum Gasteiger partial charge on any atom is 0.323 e. The van der Waals surface area contributed by atoms with Crippen LogP contribution in [0.3, 0.4) is 0 Å². The molecule has 1 atom stereocenters. The van der Waals surface area contributed by atoms with Crippen LogP contribution in [0.25, 0.3) is 5.69 Å². The number of hydrogen-bond donors (Lipinski definition) is 0. The van der Waals surface area contributed by atoms with Crippen molar-refractivity contribution in [1.29, 1.82) is 0 Å². The van der Waals surface area contributed by atoms with Crippen molar-refractivity contribution >= 4 is 34.9 Å². The average Bonchev–Trinajstić information content (AvgIpc) is 3.32. The number of carbonyl (C=O) groups is 2. The second-order valence-corrected chi connectivity index (χ2v) is 8.40. The summed E-state index contributed by atoms with van der Waals surface area (Å²) >= 11 is 2.61. The molecule has 0 aliphatic carbocycles. The zero-order valence-corrected chi connectivity index (χ0v) is 18.5. The summed E-state index contributed by atoms with van der Waals surface area (Å²) in [5.74, 6) is -1.68. The minimum Gasteiger partial charge on any atom is -0.465 e. The molecule has 1 aromatic carbocycles. The standard InChI is InChI=1S/C21H23N3O3S2/c1-5-27-20(26)18(19-23-14(3)11-28-19)17(25)12-29-21-22-9-10-24(21)16-8-6-7-13(2)15(16)4/h6-11,18H,5,12H2,1-4H3/t18-/m0/s1. The van der Waals surface area contributed by atoms with Gasteiger partial charge in [-0.05, 0) is 44.9 Å². The molecular weight excluding hydrogens is 406 g/mol. The van der Waals surface area contributed by atoms with E-state index >= 15 is 0 Å². The number of aryl methyl sites for hydroxylation is 2. The molecule has 0 saturated heterocycles. The summed E-state index contributed by atoms with van der Waals surface area (Å²) in [5.41, 5.74) is 4.14. The van der Waals surface area contributed by atoms with Crippen LogP contribution in [0, 0.1) is 20.8 Å². The second kappa shape index (κ2) is 9.37. The van der Waals surface area contributed by atoms with Gasteiger partial charge < -0.3 is 4.74 Å². The van der Waals surface area contributed by atoms with Crippen LogP contribution in [0.15, 0.2) is 41.1 Å². The van der Waals surface area contributed by atoms with Crippen LogP contribution in [-0.4, -0.2) is 38.6 Å². The van der Waals surface area contributed by atoms with Gasteiger partial charge in [0.25, 0.3) is 0 Å². The number of hydrogen-bond acceptors (Lipinski definition) is 7. The van der Waals surface area contributed by atoms with E-state index in [2.05, 4.69) is 29.9 Å². The topological polar surface area (TPSA) is 74.1 Å². The van der Waals surface area contributed by atoms with Crippen molar-refractivity contribution in [3.05, 3.63) is 57.8 Å². The fraction of sp³-hybridized carbons (Fsp3) is 0.333. The van der Waals surface area contributed by atoms with E-state index in [-0.39, 0.29) is 18.1 Å². The zero-order valence-electron chi connectivity index (χ0n) is 16.8. The van der Waals surface area contributed by atoms with E-state index in [1.807, 2.05) is 35.2 Å². The van der Waals surface area contributed by atoms with Gasteiger partial charge in [-0.2, -0.15) is 0 Å². The molecule has 152 valence electrons. The number of nitrogens with zero attached hydrogens (tertiary/aromatic N) is 3. The number of rotatable bonds is 8. The number of carbonyl (C=O) groups excluding carboxylic acids is 2. The lowest BCUT2D eigenvalue weighted by atomic mass is 10.1. The quantitative estimate of drug-likeness (QED) is 0.303. The highest BCUT2D eigenvalue weighted by Crippen LogP contribution is 2.28. The fourth-order valence-electron chi connectivity index (χ4n) is 2.90. The van der Waals surface area contributed by atoms with Crippen LogP contribution in [0.2, 0.25) is 0 Å². The van der Waals surface area contributed by atoms with E-state index in [9.17, 15) is 9.59 Å². The third-order valence-electron chi connectivity index (χ3n) is 4.51. The predicted molar refractivity (Wildman–Crippen MR) is 115 cm³/mol. The zero-order chi connectivity index (χ0) is 21.0. The Morgan fingerprint density at radius 1 is 1.28 bits per heavy atom. The first-order valence-corrected chi connectivity index (χ1v) is 11.1. The van der Waals surface area contributed by atoms with Gasteiger partial charge in [-0.3, -0.25) is 14.2 Å². The normalized spacial score (nSPS) is 12.0. The van der Waals surface area contributed by atoms with E-state index in [1.54, 1.807) is 13.1 Å². The summed E-state index contributed by atoms with van der Waals surface area (Å²) in [6.07, 6.45) is 3.59. The Morgan fingerprint density at radius 2 is 2.07 bits per heavy atom. The van der Waals surface area contributed by atoms with Crippen molar-refractivity contribution in [2.45, 2.75) is 38.8 Å². The number of benzene rings is 1. The number of thiazole rings is 1. The van der Waals surface area contributed by atoms with Crippen molar-refractivity contribution in [3.8, 4) is 5.69 Å². The smallest absolute Gasteiger partial charge is 0.323 e. The highest BCUT2D eigenvalue weighted by molar-refractivity contribution is 7.99. The van der Waals surface area contributed by atoms with Gasteiger partial charge in [0.2, 0.25) is 0 Å². The van der Waals surface area contributed by atoms with Crippen molar-refractivity contribution < 1.29 is 14.3 Å². The highest BCUT2D eigenvalue weighted by Gasteiger charge is 2.32. The van der Waals surface area contributed by atoms with Gasteiger partial charge in [0, 0.05) is 23.5 Å². The molecule has 3 aromatic rings. The van der Waals surface area contributed by atoms with Crippen molar-refractivity contribution in [2.24, 2.45) is 0 Å². The molecule has 29 heavy (non-hydrogen) atoms. The lowest BCUT2D eigenvalue weighted by molar-refractivity contribution is -0.147. The van der Waals surface area contributed by atoms with E-state index in [4.69, 9.17) is 4.74 Å². The Morgan fingerprint density at radius 3 is 2.76 bits per heavy atom. The molecular formula is C21H23N3O3S2. The molecule has 0 fully saturated rings. The number of ketones is 1. The first kappa shape index (κ1) is 21.3. The number of aromatic nitrogens is 3. The predicted octanol–water partition coefficient (Wildman–Crippen LogP) is 4.26. The third-order valence-corrected chi connectivity index (χ3v) is 6.53. The van der Waals surface area contributed by atoms with Gasteiger partial charge in [0.1, 0.15) is 5.01 Å². The summed E-state index contributed by atoms with van der Waals surface area (Å²) in [6, 6.07) is 6.08. The van der Waals surface area contributed by atoms with E-state index in [0.29, 0.717) is 10.2 Å². The molecule has 3 rings (SSSR count). The molecule has 0 radical (unpaired) electrons. The van der Waals surface area contributed by atoms with Crippen LogP contribution in [-0.2, 0) is 14.3 Å². The number of thioether (sulfide) groups is 1. The number of imidazole rings is 1. The molecule has 0 amide bonds. The first-order chi connectivity index (χ1) is 13.9. The molecule has 2 aromatic heterocycles. The average molecular weight is 430 g/mol. The van der Waals surface area contributed by atoms with E-state index in [0.717, 1.165) is 16.9 Å². The molecule has 6 nitrogen and oxygen atoms in total. The van der Waals surface area contributed by atoms with Crippen LogP contribution in [0.4, 0.5) is 0 Å². The molecule has 2 heterocycles. The van der Waals surface area contributed by atoms with Crippen LogP contribution < -0.4 is 0 Å². The molecule has 0 saturated carbocycles. The van der Waals surface area contributed by atoms with Crippen molar-refractivity contribution in [3.63, 3.8) is 0 Å². The molecule has 0 bridgehead atoms. The number of Topliss-reactive ketones (excluding diaryl/α,β-unsaturated/α-hetero) is 1. The minimum absolute atomic E-state index is 0.101. The molecule has 0 aliphatic heterocycles. The lowest BCUT2D eigenvalue weighted by Crippen LogP contribution is -2.25. The van der Waals surface area contributed by atoms with Gasteiger partial charge in [-0.25, -0.2) is 9.97 Å². The molecule has 0 aliphatic rings. The van der Waals surface area contributed by atoms with E-state index in [1.165, 1.54) is 28.7 Å². The Balaban J connectivity index is 1.80. The Bertz CT molecular complexity index is 1030. The van der Waals surface area contributed by atoms with E-state index < -0.39 is 11.9 Å². The van der Waals surface area contributed by atoms with Crippen LogP contribution >= 0.6 is 23.1 Å². The molecule has 0 spiro atoms. The first-order valence-electron chi connectivity index (χ1n) is 9.26.